The zero-order chi connectivity index (χ0) is 20.8. The van der Waals surface area contributed by atoms with Gasteiger partial charge in [0.2, 0.25) is 0 Å². The standard InChI is InChI=1S/C23H19NO3.F2.FH/c1-27-23(26)18-9-5-6-16(12-18)15-24-21-11-10-20(25)13-19(21)14-22(24)17-7-3-2-4-8-17;1-2;/h2-14,25H,15H2,1H3;;1H. The van der Waals surface area contributed by atoms with E-state index in [9.17, 15) is 9.90 Å². The van der Waals surface area contributed by atoms with Gasteiger partial charge in [0.05, 0.1) is 12.7 Å². The number of fused-ring (bicyclic) bond motifs is 1. The Labute approximate surface area is 171 Å². The number of carbonyl (C=O) groups excluding carboxylic acids is 1. The number of nitrogens with zero attached hydrogens (tertiary/aromatic N) is 1. The van der Waals surface area contributed by atoms with Crippen LogP contribution in [0.5, 0.6) is 5.75 Å². The summed E-state index contributed by atoms with van der Waals surface area (Å²) in [5.74, 6) is -0.102. The van der Waals surface area contributed by atoms with Crippen molar-refractivity contribution in [3.8, 4) is 17.0 Å². The van der Waals surface area contributed by atoms with E-state index >= 15 is 0 Å². The number of methoxy groups -OCH3 is 1. The zero-order valence-electron chi connectivity index (χ0n) is 16.1. The fourth-order valence-electron chi connectivity index (χ4n) is 3.37. The monoisotopic (exact) mass is 415 g/mol. The number of phenolic OH excluding ortho intramolecular Hbond substituents is 1. The molecule has 0 amide bonds. The van der Waals surface area contributed by atoms with Gasteiger partial charge >= 0.3 is 5.97 Å². The predicted octanol–water partition coefficient (Wildman–Crippen LogP) is 5.84. The van der Waals surface area contributed by atoms with Crippen molar-refractivity contribution in [2.75, 3.05) is 7.11 Å². The van der Waals surface area contributed by atoms with E-state index in [4.69, 9.17) is 13.9 Å². The summed E-state index contributed by atoms with van der Waals surface area (Å²) < 4.78 is 23.0. The second kappa shape index (κ2) is 10.2. The number of benzene rings is 3. The summed E-state index contributed by atoms with van der Waals surface area (Å²) in [6, 6.07) is 25.0. The highest BCUT2D eigenvalue weighted by molar-refractivity contribution is 5.90. The number of aromatic hydroxyl groups is 1. The van der Waals surface area contributed by atoms with E-state index < -0.39 is 0 Å². The topological polar surface area (TPSA) is 51.5 Å². The Morgan fingerprint density at radius 2 is 1.70 bits per heavy atom. The van der Waals surface area contributed by atoms with Crippen LogP contribution >= 0.6 is 0 Å². The molecule has 0 bridgehead atoms. The molecule has 7 heteroatoms. The lowest BCUT2D eigenvalue weighted by Gasteiger charge is -2.12. The zero-order valence-corrected chi connectivity index (χ0v) is 16.1. The first kappa shape index (κ1) is 22.5. The molecule has 0 fully saturated rings. The van der Waals surface area contributed by atoms with E-state index in [0.29, 0.717) is 12.1 Å². The van der Waals surface area contributed by atoms with Crippen LogP contribution in [-0.4, -0.2) is 22.8 Å². The first-order chi connectivity index (χ1) is 14.2. The summed E-state index contributed by atoms with van der Waals surface area (Å²) in [4.78, 5) is 11.8. The van der Waals surface area contributed by atoms with Crippen LogP contribution < -0.4 is 0 Å². The molecular formula is C23H20F3NO3. The van der Waals surface area contributed by atoms with Gasteiger partial charge in [-0.2, -0.15) is 0 Å². The van der Waals surface area contributed by atoms with Crippen molar-refractivity contribution in [2.24, 2.45) is 0 Å². The van der Waals surface area contributed by atoms with E-state index in [1.807, 2.05) is 42.5 Å². The highest BCUT2D eigenvalue weighted by atomic mass is 20.0. The summed E-state index contributed by atoms with van der Waals surface area (Å²) in [6.45, 7) is 0.601. The molecule has 4 nitrogen and oxygen atoms in total. The van der Waals surface area contributed by atoms with Gasteiger partial charge in [0.1, 0.15) is 5.75 Å². The molecule has 4 aromatic rings. The number of halogens is 3. The Balaban J connectivity index is 0.00000104. The average Bonchev–Trinajstić information content (AvgIpc) is 3.12. The third kappa shape index (κ3) is 4.63. The number of carbonyl (C=O) groups is 1. The third-order valence-electron chi connectivity index (χ3n) is 4.64. The summed E-state index contributed by atoms with van der Waals surface area (Å²) >= 11 is 0. The van der Waals surface area contributed by atoms with Crippen LogP contribution in [0.25, 0.3) is 22.2 Å². The van der Waals surface area contributed by atoms with Gasteiger partial charge < -0.3 is 14.4 Å². The van der Waals surface area contributed by atoms with E-state index in [1.165, 1.54) is 7.11 Å². The lowest BCUT2D eigenvalue weighted by atomic mass is 10.1. The van der Waals surface area contributed by atoms with Crippen molar-refractivity contribution in [3.05, 3.63) is 90.0 Å². The number of phenols is 1. The number of esters is 1. The molecule has 0 aliphatic heterocycles. The van der Waals surface area contributed by atoms with Crippen molar-refractivity contribution in [1.82, 2.24) is 4.57 Å². The molecule has 156 valence electrons. The average molecular weight is 415 g/mol. The van der Waals surface area contributed by atoms with Crippen LogP contribution in [0.4, 0.5) is 13.9 Å². The fourth-order valence-corrected chi connectivity index (χ4v) is 3.37. The van der Waals surface area contributed by atoms with E-state index in [-0.39, 0.29) is 16.4 Å². The quantitative estimate of drug-likeness (QED) is 0.426. The number of hydrogen-bond donors (Lipinski definition) is 1. The summed E-state index contributed by atoms with van der Waals surface area (Å²) in [7, 11) is 1.38. The van der Waals surface area contributed by atoms with Crippen LogP contribution in [0.15, 0.2) is 78.9 Å². The van der Waals surface area contributed by atoms with Gasteiger partial charge in [-0.15, -0.1) is 0 Å². The highest BCUT2D eigenvalue weighted by Crippen LogP contribution is 2.31. The molecule has 0 spiro atoms. The van der Waals surface area contributed by atoms with Gasteiger partial charge in [-0.3, -0.25) is 4.70 Å². The Morgan fingerprint density at radius 1 is 0.967 bits per heavy atom. The van der Waals surface area contributed by atoms with Crippen LogP contribution in [0.1, 0.15) is 15.9 Å². The minimum atomic E-state index is -0.345. The molecule has 0 aliphatic carbocycles. The van der Waals surface area contributed by atoms with Gasteiger partial charge in [0, 0.05) is 32.3 Å². The largest absolute Gasteiger partial charge is 0.508 e. The molecule has 30 heavy (non-hydrogen) atoms. The number of hydrogen-bond acceptors (Lipinski definition) is 3. The SMILES string of the molecule is COC(=O)c1cccc(Cn2c(-c3ccccc3)cc3cc(O)ccc32)c1.F.FF. The normalized spacial score (nSPS) is 9.97. The van der Waals surface area contributed by atoms with Crippen LogP contribution in [0.2, 0.25) is 0 Å². The van der Waals surface area contributed by atoms with Crippen LogP contribution in [0, 0.1) is 0 Å². The number of rotatable bonds is 4. The summed E-state index contributed by atoms with van der Waals surface area (Å²) in [6.07, 6.45) is 0. The molecule has 1 N–H and O–H groups in total. The lowest BCUT2D eigenvalue weighted by Crippen LogP contribution is -2.05. The first-order valence-electron chi connectivity index (χ1n) is 8.85. The Bertz CT molecular complexity index is 1130. The predicted molar refractivity (Wildman–Crippen MR) is 111 cm³/mol. The summed E-state index contributed by atoms with van der Waals surface area (Å²) in [5, 5.41) is 10.8. The maximum absolute atomic E-state index is 11.8. The number of aromatic nitrogens is 1. The Kier molecular flexibility index (Phi) is 7.63. The first-order valence-corrected chi connectivity index (χ1v) is 8.85. The van der Waals surface area contributed by atoms with Crippen molar-refractivity contribution >= 4 is 16.9 Å². The molecule has 0 atom stereocenters. The highest BCUT2D eigenvalue weighted by Gasteiger charge is 2.13. The van der Waals surface area contributed by atoms with E-state index in [1.54, 1.807) is 18.2 Å². The summed E-state index contributed by atoms with van der Waals surface area (Å²) in [5.41, 5.74) is 4.71. The molecule has 1 heterocycles. The van der Waals surface area contributed by atoms with Crippen LogP contribution in [0.3, 0.4) is 0 Å². The Morgan fingerprint density at radius 3 is 2.40 bits per heavy atom. The molecule has 0 aliphatic rings. The van der Waals surface area contributed by atoms with Crippen LogP contribution in [-0.2, 0) is 11.3 Å². The molecule has 4 rings (SSSR count). The lowest BCUT2D eigenvalue weighted by molar-refractivity contribution is 0.0600. The maximum Gasteiger partial charge on any atom is 0.337 e. The molecule has 0 saturated heterocycles. The van der Waals surface area contributed by atoms with Gasteiger partial charge in [-0.25, -0.2) is 4.79 Å². The maximum atomic E-state index is 11.8. The molecule has 1 aromatic heterocycles. The van der Waals surface area contributed by atoms with E-state index in [2.05, 4.69) is 22.8 Å². The Hall–Kier alpha value is -3.74. The minimum absolute atomic E-state index is 0. The minimum Gasteiger partial charge on any atom is -0.508 e. The number of ether oxygens (including phenoxy) is 1. The van der Waals surface area contributed by atoms with Crippen molar-refractivity contribution < 1.29 is 28.5 Å². The van der Waals surface area contributed by atoms with Gasteiger partial charge in [0.15, 0.2) is 0 Å². The van der Waals surface area contributed by atoms with Gasteiger partial charge in [0.25, 0.3) is 0 Å². The molecular weight excluding hydrogens is 395 g/mol. The molecule has 0 unspecified atom stereocenters. The van der Waals surface area contributed by atoms with E-state index in [0.717, 1.165) is 27.7 Å². The van der Waals surface area contributed by atoms with Crippen molar-refractivity contribution in [3.63, 3.8) is 0 Å². The second-order valence-electron chi connectivity index (χ2n) is 6.42. The van der Waals surface area contributed by atoms with Gasteiger partial charge in [-0.1, -0.05) is 42.5 Å². The second-order valence-corrected chi connectivity index (χ2v) is 6.42. The molecule has 0 saturated carbocycles. The third-order valence-corrected chi connectivity index (χ3v) is 4.64. The molecule has 3 aromatic carbocycles. The molecule has 0 radical (unpaired) electrons. The van der Waals surface area contributed by atoms with Crippen molar-refractivity contribution in [2.45, 2.75) is 6.54 Å². The fraction of sp³-hybridized carbons (Fsp3) is 0.0870. The van der Waals surface area contributed by atoms with Crippen molar-refractivity contribution in [1.29, 1.82) is 0 Å². The van der Waals surface area contributed by atoms with Gasteiger partial charge in [-0.05, 0) is 47.5 Å². The smallest absolute Gasteiger partial charge is 0.337 e.